The number of methoxy groups -OCH3 is 1. The Morgan fingerprint density at radius 1 is 1.38 bits per heavy atom. The molecule has 1 aliphatic carbocycles. The summed E-state index contributed by atoms with van der Waals surface area (Å²) in [4.78, 5) is 26.1. The van der Waals surface area contributed by atoms with E-state index in [4.69, 9.17) is 9.47 Å². The molecular formula is C18H31NO5. The number of carboxylic acids is 1. The molecule has 2 aliphatic rings. The van der Waals surface area contributed by atoms with Crippen molar-refractivity contribution in [3.8, 4) is 0 Å². The van der Waals surface area contributed by atoms with Crippen LogP contribution in [-0.2, 0) is 19.1 Å². The van der Waals surface area contributed by atoms with Crippen LogP contribution in [0.4, 0.5) is 0 Å². The highest BCUT2D eigenvalue weighted by Gasteiger charge is 2.47. The third kappa shape index (κ3) is 4.28. The zero-order valence-electron chi connectivity index (χ0n) is 15.1. The second-order valence-corrected chi connectivity index (χ2v) is 7.46. The first-order chi connectivity index (χ1) is 11.4. The number of rotatable bonds is 7. The molecule has 4 unspecified atom stereocenters. The molecule has 0 aromatic carbocycles. The zero-order valence-corrected chi connectivity index (χ0v) is 15.1. The Bertz CT molecular complexity index is 455. The Kier molecular flexibility index (Phi) is 6.63. The van der Waals surface area contributed by atoms with Gasteiger partial charge in [-0.25, -0.2) is 0 Å². The number of hydrogen-bond acceptors (Lipinski definition) is 4. The van der Waals surface area contributed by atoms with Gasteiger partial charge in [-0.2, -0.15) is 0 Å². The van der Waals surface area contributed by atoms with Crippen molar-refractivity contribution in [2.24, 2.45) is 11.3 Å². The van der Waals surface area contributed by atoms with Gasteiger partial charge in [0.05, 0.1) is 12.7 Å². The highest BCUT2D eigenvalue weighted by Crippen LogP contribution is 2.33. The molecule has 4 atom stereocenters. The molecule has 138 valence electrons. The molecule has 2 fully saturated rings. The molecule has 24 heavy (non-hydrogen) atoms. The summed E-state index contributed by atoms with van der Waals surface area (Å²) in [6, 6.07) is 0. The molecular weight excluding hydrogens is 310 g/mol. The van der Waals surface area contributed by atoms with Crippen molar-refractivity contribution in [3.05, 3.63) is 0 Å². The highest BCUT2D eigenvalue weighted by atomic mass is 16.5. The number of amides is 1. The summed E-state index contributed by atoms with van der Waals surface area (Å²) in [5.74, 6) is -0.325. The summed E-state index contributed by atoms with van der Waals surface area (Å²) in [5, 5.41) is 9.53. The maximum atomic E-state index is 12.8. The number of ether oxygens (including phenoxy) is 2. The number of nitrogens with zero attached hydrogens (tertiary/aromatic N) is 1. The summed E-state index contributed by atoms with van der Waals surface area (Å²) in [6.45, 7) is 4.96. The number of carbonyl (C=O) groups excluding carboxylic acids is 1. The molecule has 1 N–H and O–H groups in total. The number of hydrogen-bond donors (Lipinski definition) is 1. The van der Waals surface area contributed by atoms with Crippen LogP contribution in [0.25, 0.3) is 0 Å². The summed E-state index contributed by atoms with van der Waals surface area (Å²) in [5.41, 5.74) is -0.984. The fraction of sp³-hybridized carbons (Fsp3) is 0.889. The summed E-state index contributed by atoms with van der Waals surface area (Å²) in [7, 11) is 1.50. The number of carbonyl (C=O) groups is 2. The van der Waals surface area contributed by atoms with Crippen LogP contribution in [0.1, 0.15) is 52.4 Å². The predicted molar refractivity (Wildman–Crippen MR) is 89.7 cm³/mol. The van der Waals surface area contributed by atoms with E-state index in [9.17, 15) is 14.7 Å². The molecule has 0 aromatic rings. The highest BCUT2D eigenvalue weighted by molar-refractivity contribution is 5.83. The van der Waals surface area contributed by atoms with E-state index < -0.39 is 17.5 Å². The first kappa shape index (κ1) is 19.2. The lowest BCUT2D eigenvalue weighted by molar-refractivity contribution is -0.154. The quantitative estimate of drug-likeness (QED) is 0.769. The van der Waals surface area contributed by atoms with Crippen LogP contribution in [-0.4, -0.2) is 60.9 Å². The maximum Gasteiger partial charge on any atom is 0.313 e. The maximum absolute atomic E-state index is 12.8. The lowest BCUT2D eigenvalue weighted by Gasteiger charge is -2.32. The van der Waals surface area contributed by atoms with Crippen molar-refractivity contribution < 1.29 is 24.2 Å². The van der Waals surface area contributed by atoms with Gasteiger partial charge in [0.25, 0.3) is 5.91 Å². The van der Waals surface area contributed by atoms with Crippen LogP contribution in [0.5, 0.6) is 0 Å². The molecule has 1 saturated carbocycles. The van der Waals surface area contributed by atoms with Gasteiger partial charge in [0, 0.05) is 20.2 Å². The summed E-state index contributed by atoms with van der Waals surface area (Å²) < 4.78 is 11.2. The largest absolute Gasteiger partial charge is 0.481 e. The van der Waals surface area contributed by atoms with E-state index in [0.29, 0.717) is 25.3 Å². The van der Waals surface area contributed by atoms with Gasteiger partial charge in [-0.15, -0.1) is 0 Å². The minimum absolute atomic E-state index is 0.0741. The van der Waals surface area contributed by atoms with Gasteiger partial charge >= 0.3 is 5.97 Å². The van der Waals surface area contributed by atoms with Crippen LogP contribution in [0.15, 0.2) is 0 Å². The van der Waals surface area contributed by atoms with E-state index >= 15 is 0 Å². The van der Waals surface area contributed by atoms with E-state index in [1.165, 1.54) is 13.5 Å². The third-order valence-electron chi connectivity index (χ3n) is 5.43. The van der Waals surface area contributed by atoms with Crippen molar-refractivity contribution in [2.45, 2.75) is 64.6 Å². The molecule has 0 spiro atoms. The van der Waals surface area contributed by atoms with Crippen LogP contribution in [0, 0.1) is 11.3 Å². The monoisotopic (exact) mass is 341 g/mol. The summed E-state index contributed by atoms with van der Waals surface area (Å²) >= 11 is 0. The van der Waals surface area contributed by atoms with Crippen molar-refractivity contribution in [2.75, 3.05) is 26.8 Å². The standard InChI is InChI=1S/C18H31NO5/c1-4-15(24-14-7-5-6-13(2)10-14)16(20)19-9-8-18(11-19,12-23-3)17(21)22/h13-15H,4-12H2,1-3H3,(H,21,22). The third-order valence-corrected chi connectivity index (χ3v) is 5.43. The van der Waals surface area contributed by atoms with E-state index in [2.05, 4.69) is 6.92 Å². The molecule has 1 saturated heterocycles. The normalized spacial score (nSPS) is 31.9. The fourth-order valence-electron chi connectivity index (χ4n) is 3.96. The van der Waals surface area contributed by atoms with E-state index in [-0.39, 0.29) is 25.2 Å². The Morgan fingerprint density at radius 3 is 2.71 bits per heavy atom. The van der Waals surface area contributed by atoms with Crippen molar-refractivity contribution >= 4 is 11.9 Å². The van der Waals surface area contributed by atoms with Gasteiger partial charge in [0.2, 0.25) is 0 Å². The van der Waals surface area contributed by atoms with Crippen molar-refractivity contribution in [1.29, 1.82) is 0 Å². The van der Waals surface area contributed by atoms with Gasteiger partial charge < -0.3 is 19.5 Å². The molecule has 6 heteroatoms. The van der Waals surface area contributed by atoms with Crippen LogP contribution in [0.2, 0.25) is 0 Å². The smallest absolute Gasteiger partial charge is 0.313 e. The Hall–Kier alpha value is -1.14. The average molecular weight is 341 g/mol. The zero-order chi connectivity index (χ0) is 17.7. The Labute approximate surface area is 144 Å². The van der Waals surface area contributed by atoms with Crippen LogP contribution >= 0.6 is 0 Å². The molecule has 1 aliphatic heterocycles. The van der Waals surface area contributed by atoms with E-state index in [0.717, 1.165) is 19.3 Å². The predicted octanol–water partition coefficient (Wildman–Crippen LogP) is 2.31. The minimum Gasteiger partial charge on any atom is -0.481 e. The topological polar surface area (TPSA) is 76.1 Å². The second-order valence-electron chi connectivity index (χ2n) is 7.46. The van der Waals surface area contributed by atoms with Gasteiger partial charge in [-0.05, 0) is 31.6 Å². The summed E-state index contributed by atoms with van der Waals surface area (Å²) in [6.07, 6.45) is 5.12. The second kappa shape index (κ2) is 8.30. The van der Waals surface area contributed by atoms with Gasteiger partial charge in [-0.1, -0.05) is 26.7 Å². The van der Waals surface area contributed by atoms with Gasteiger partial charge in [0.15, 0.2) is 0 Å². The minimum atomic E-state index is -0.984. The molecule has 0 aromatic heterocycles. The Morgan fingerprint density at radius 2 is 2.12 bits per heavy atom. The molecule has 6 nitrogen and oxygen atoms in total. The molecule has 2 rings (SSSR count). The molecule has 0 bridgehead atoms. The Balaban J connectivity index is 1.97. The first-order valence-electron chi connectivity index (χ1n) is 9.08. The van der Waals surface area contributed by atoms with Gasteiger partial charge in [0.1, 0.15) is 11.5 Å². The van der Waals surface area contributed by atoms with Crippen LogP contribution in [0.3, 0.4) is 0 Å². The van der Waals surface area contributed by atoms with Crippen molar-refractivity contribution in [3.63, 3.8) is 0 Å². The number of carboxylic acid groups (broad SMARTS) is 1. The SMILES string of the molecule is CCC(OC1CCCC(C)C1)C(=O)N1CCC(COC)(C(=O)O)C1. The molecule has 0 radical (unpaired) electrons. The fourth-order valence-corrected chi connectivity index (χ4v) is 3.96. The van der Waals surface area contributed by atoms with E-state index in [1.54, 1.807) is 4.90 Å². The van der Waals surface area contributed by atoms with Gasteiger partial charge in [-0.3, -0.25) is 9.59 Å². The molecule has 1 heterocycles. The first-order valence-corrected chi connectivity index (χ1v) is 9.08. The van der Waals surface area contributed by atoms with Crippen LogP contribution < -0.4 is 0 Å². The lowest BCUT2D eigenvalue weighted by Crippen LogP contribution is -2.44. The lowest BCUT2D eigenvalue weighted by atomic mass is 9.88. The van der Waals surface area contributed by atoms with E-state index in [1.807, 2.05) is 6.92 Å². The average Bonchev–Trinajstić information content (AvgIpc) is 2.98. The molecule has 1 amide bonds. The number of aliphatic carboxylic acids is 1. The van der Waals surface area contributed by atoms with Crippen molar-refractivity contribution in [1.82, 2.24) is 4.90 Å². The number of likely N-dealkylation sites (tertiary alicyclic amines) is 1.